The second kappa shape index (κ2) is 10.5. The summed E-state index contributed by atoms with van der Waals surface area (Å²) in [5, 5.41) is 13.3. The molecule has 2 N–H and O–H groups in total. The topological polar surface area (TPSA) is 95.7 Å². The number of anilines is 1. The molecular weight excluding hydrogens is 511 g/mol. The van der Waals surface area contributed by atoms with Gasteiger partial charge in [0.05, 0.1) is 37.2 Å². The van der Waals surface area contributed by atoms with E-state index in [2.05, 4.69) is 26.3 Å². The Balaban J connectivity index is 1.39. The zero-order valence-electron chi connectivity index (χ0n) is 23.4. The highest BCUT2D eigenvalue weighted by Gasteiger charge is 2.53. The standard InChI is InChI=1S/C30H37FN6O3/c1-4-40-26-13-25(34-14-24(26)31)19(2)37-18-30(6-7-30)27-21(16-35-9-5-22(38)17-35)11-20(12-23(27)28(37)39)15-36-10-8-33-29(36)32-3/h8,10-14,19,22,38H,4-7,9,15-18H2,1-3H3,(H,32,33)/t19-,22+/m0/s1. The Bertz CT molecular complexity index is 1420. The maximum absolute atomic E-state index is 14.3. The molecule has 1 saturated heterocycles. The number of imidazole rings is 1. The quantitative estimate of drug-likeness (QED) is 0.421. The number of benzene rings is 1. The van der Waals surface area contributed by atoms with Gasteiger partial charge < -0.3 is 24.6 Å². The molecule has 4 heterocycles. The molecule has 2 aromatic heterocycles. The van der Waals surface area contributed by atoms with Gasteiger partial charge in [0.2, 0.25) is 5.95 Å². The minimum atomic E-state index is -0.506. The summed E-state index contributed by atoms with van der Waals surface area (Å²) in [5.74, 6) is 0.375. The first-order chi connectivity index (χ1) is 19.3. The number of nitrogens with one attached hydrogen (secondary N) is 1. The number of ether oxygens (including phenoxy) is 1. The number of β-amino-alcohol motifs (C(OH)–C–C–N with tert-alkyl or cyclic N) is 1. The molecule has 1 amide bonds. The number of likely N-dealkylation sites (tertiary alicyclic amines) is 1. The normalized spacial score (nSPS) is 20.6. The van der Waals surface area contributed by atoms with Gasteiger partial charge in [-0.05, 0) is 55.9 Å². The van der Waals surface area contributed by atoms with E-state index in [0.29, 0.717) is 38.5 Å². The van der Waals surface area contributed by atoms with Crippen LogP contribution in [0.15, 0.2) is 36.8 Å². The van der Waals surface area contributed by atoms with E-state index in [4.69, 9.17) is 4.74 Å². The van der Waals surface area contributed by atoms with Crippen molar-refractivity contribution in [3.8, 4) is 5.75 Å². The molecular formula is C30H37FN6O3. The van der Waals surface area contributed by atoms with Gasteiger partial charge in [0, 0.05) is 62.7 Å². The number of hydrogen-bond donors (Lipinski definition) is 2. The van der Waals surface area contributed by atoms with Crippen molar-refractivity contribution in [2.45, 2.75) is 63.8 Å². The lowest BCUT2D eigenvalue weighted by atomic mass is 9.81. The van der Waals surface area contributed by atoms with E-state index >= 15 is 0 Å². The predicted molar refractivity (Wildman–Crippen MR) is 149 cm³/mol. The third kappa shape index (κ3) is 4.83. The van der Waals surface area contributed by atoms with Crippen molar-refractivity contribution in [1.29, 1.82) is 0 Å². The predicted octanol–water partition coefficient (Wildman–Crippen LogP) is 3.72. The molecule has 0 unspecified atom stereocenters. The second-order valence-electron chi connectivity index (χ2n) is 11.3. The lowest BCUT2D eigenvalue weighted by Gasteiger charge is -2.40. The summed E-state index contributed by atoms with van der Waals surface area (Å²) in [6, 6.07) is 5.56. The molecule has 3 aliphatic rings. The van der Waals surface area contributed by atoms with Gasteiger partial charge in [-0.1, -0.05) is 6.07 Å². The maximum atomic E-state index is 14.3. The number of fused-ring (bicyclic) bond motifs is 2. The number of hydrogen-bond acceptors (Lipinski definition) is 7. The van der Waals surface area contributed by atoms with Crippen LogP contribution in [0.1, 0.15) is 71.9 Å². The number of halogens is 1. The van der Waals surface area contributed by atoms with Crippen LogP contribution in [-0.4, -0.2) is 74.7 Å². The van der Waals surface area contributed by atoms with Crippen LogP contribution in [0.2, 0.25) is 0 Å². The first kappa shape index (κ1) is 26.7. The van der Waals surface area contributed by atoms with Crippen molar-refractivity contribution in [2.24, 2.45) is 0 Å². The Morgan fingerprint density at radius 3 is 2.77 bits per heavy atom. The molecule has 1 saturated carbocycles. The van der Waals surface area contributed by atoms with Gasteiger partial charge in [-0.15, -0.1) is 0 Å². The summed E-state index contributed by atoms with van der Waals surface area (Å²) in [7, 11) is 1.84. The summed E-state index contributed by atoms with van der Waals surface area (Å²) < 4.78 is 21.8. The fraction of sp³-hybridized carbons (Fsp3) is 0.500. The van der Waals surface area contributed by atoms with E-state index in [-0.39, 0.29) is 29.2 Å². The number of carbonyl (C=O) groups is 1. The third-order valence-electron chi connectivity index (χ3n) is 8.60. The Kier molecular flexibility index (Phi) is 7.00. The smallest absolute Gasteiger partial charge is 0.254 e. The molecule has 212 valence electrons. The second-order valence-corrected chi connectivity index (χ2v) is 11.3. The molecule has 1 aliphatic carbocycles. The van der Waals surface area contributed by atoms with Crippen molar-refractivity contribution in [3.63, 3.8) is 0 Å². The molecule has 6 rings (SSSR count). The fourth-order valence-corrected chi connectivity index (χ4v) is 6.43. The van der Waals surface area contributed by atoms with Crippen LogP contribution in [-0.2, 0) is 18.5 Å². The van der Waals surface area contributed by atoms with E-state index in [1.54, 1.807) is 12.3 Å². The van der Waals surface area contributed by atoms with E-state index in [9.17, 15) is 14.3 Å². The van der Waals surface area contributed by atoms with Crippen LogP contribution in [0.3, 0.4) is 0 Å². The van der Waals surface area contributed by atoms with Crippen molar-refractivity contribution in [3.05, 3.63) is 70.6 Å². The molecule has 3 aromatic rings. The van der Waals surface area contributed by atoms with Gasteiger partial charge in [0.1, 0.15) is 0 Å². The number of carbonyl (C=O) groups excluding carboxylic acids is 1. The van der Waals surface area contributed by atoms with Crippen molar-refractivity contribution in [2.75, 3.05) is 38.6 Å². The average molecular weight is 549 g/mol. The number of pyridine rings is 1. The molecule has 2 fully saturated rings. The SMILES string of the molecule is CCOc1cc([C@H](C)N2CC3(CC3)c3c(CN4CC[C@@H](O)C4)cc(Cn4ccnc4NC)cc3C2=O)ncc1F. The summed E-state index contributed by atoms with van der Waals surface area (Å²) in [5.41, 5.74) is 4.60. The summed E-state index contributed by atoms with van der Waals surface area (Å²) >= 11 is 0. The number of aromatic nitrogens is 3. The number of nitrogens with zero attached hydrogens (tertiary/aromatic N) is 5. The zero-order chi connectivity index (χ0) is 28.0. The molecule has 2 atom stereocenters. The van der Waals surface area contributed by atoms with Crippen LogP contribution in [0, 0.1) is 5.82 Å². The molecule has 1 spiro atoms. The largest absolute Gasteiger partial charge is 0.491 e. The van der Waals surface area contributed by atoms with E-state index in [1.807, 2.05) is 42.6 Å². The van der Waals surface area contributed by atoms with E-state index in [0.717, 1.165) is 48.4 Å². The zero-order valence-corrected chi connectivity index (χ0v) is 23.4. The van der Waals surface area contributed by atoms with Gasteiger partial charge in [-0.25, -0.2) is 9.37 Å². The van der Waals surface area contributed by atoms with Crippen LogP contribution in [0.5, 0.6) is 5.75 Å². The van der Waals surface area contributed by atoms with Crippen LogP contribution in [0.25, 0.3) is 0 Å². The van der Waals surface area contributed by atoms with Gasteiger partial charge in [0.15, 0.2) is 11.6 Å². The molecule has 9 nitrogen and oxygen atoms in total. The average Bonchev–Trinajstić information content (AvgIpc) is 3.35. The Morgan fingerprint density at radius 1 is 1.25 bits per heavy atom. The van der Waals surface area contributed by atoms with Crippen LogP contribution in [0.4, 0.5) is 10.3 Å². The lowest BCUT2D eigenvalue weighted by molar-refractivity contribution is 0.0632. The Labute approximate surface area is 234 Å². The molecule has 0 radical (unpaired) electrons. The van der Waals surface area contributed by atoms with Gasteiger partial charge >= 0.3 is 0 Å². The summed E-state index contributed by atoms with van der Waals surface area (Å²) in [6.45, 7) is 7.48. The number of aliphatic hydroxyl groups is 1. The Hall–Kier alpha value is -3.50. The minimum absolute atomic E-state index is 0.0341. The van der Waals surface area contributed by atoms with Crippen molar-refractivity contribution >= 4 is 11.9 Å². The molecule has 40 heavy (non-hydrogen) atoms. The molecule has 0 bridgehead atoms. The van der Waals surface area contributed by atoms with E-state index < -0.39 is 5.82 Å². The third-order valence-corrected chi connectivity index (χ3v) is 8.60. The van der Waals surface area contributed by atoms with Gasteiger partial charge in [-0.3, -0.25) is 14.7 Å². The first-order valence-electron chi connectivity index (χ1n) is 14.2. The molecule has 1 aromatic carbocycles. The summed E-state index contributed by atoms with van der Waals surface area (Å²) in [6.07, 6.45) is 7.35. The van der Waals surface area contributed by atoms with Gasteiger partial charge in [-0.2, -0.15) is 0 Å². The molecule has 2 aliphatic heterocycles. The van der Waals surface area contributed by atoms with Crippen molar-refractivity contribution < 1.29 is 19.0 Å². The van der Waals surface area contributed by atoms with Gasteiger partial charge in [0.25, 0.3) is 5.91 Å². The maximum Gasteiger partial charge on any atom is 0.254 e. The lowest BCUT2D eigenvalue weighted by Crippen LogP contribution is -2.45. The highest BCUT2D eigenvalue weighted by molar-refractivity contribution is 5.98. The highest BCUT2D eigenvalue weighted by atomic mass is 19.1. The Morgan fingerprint density at radius 2 is 2.08 bits per heavy atom. The van der Waals surface area contributed by atoms with E-state index in [1.165, 1.54) is 11.8 Å². The highest BCUT2D eigenvalue weighted by Crippen LogP contribution is 2.55. The number of rotatable bonds is 9. The first-order valence-corrected chi connectivity index (χ1v) is 14.2. The number of amides is 1. The molecule has 10 heteroatoms. The monoisotopic (exact) mass is 548 g/mol. The number of aliphatic hydroxyl groups excluding tert-OH is 1. The van der Waals surface area contributed by atoms with Crippen LogP contribution < -0.4 is 10.1 Å². The summed E-state index contributed by atoms with van der Waals surface area (Å²) in [4.78, 5) is 27.1. The minimum Gasteiger partial charge on any atom is -0.491 e. The van der Waals surface area contributed by atoms with Crippen molar-refractivity contribution in [1.82, 2.24) is 24.3 Å². The van der Waals surface area contributed by atoms with Crippen LogP contribution >= 0.6 is 0 Å². The fourth-order valence-electron chi connectivity index (χ4n) is 6.43.